The van der Waals surface area contributed by atoms with E-state index < -0.39 is 11.7 Å². The molecule has 7 heteroatoms. The highest BCUT2D eigenvalue weighted by atomic mass is 19.1. The maximum Gasteiger partial charge on any atom is 0.272 e. The zero-order valence-electron chi connectivity index (χ0n) is 13.3. The molecule has 0 spiro atoms. The van der Waals surface area contributed by atoms with Gasteiger partial charge in [-0.1, -0.05) is 0 Å². The molecule has 126 valence electrons. The molecule has 1 aliphatic rings. The fourth-order valence-electron chi connectivity index (χ4n) is 2.65. The van der Waals surface area contributed by atoms with Gasteiger partial charge in [0.15, 0.2) is 0 Å². The largest absolute Gasteiger partial charge is 0.378 e. The molecule has 1 saturated heterocycles. The van der Waals surface area contributed by atoms with Gasteiger partial charge < -0.3 is 19.9 Å². The molecule has 0 unspecified atom stereocenters. The van der Waals surface area contributed by atoms with Crippen LogP contribution in [-0.2, 0) is 4.74 Å². The summed E-state index contributed by atoms with van der Waals surface area (Å²) < 4.78 is 19.2. The first-order valence-electron chi connectivity index (χ1n) is 7.67. The number of aryl methyl sites for hydroxylation is 1. The van der Waals surface area contributed by atoms with Gasteiger partial charge in [0.05, 0.1) is 13.2 Å². The molecule has 1 fully saturated rings. The SMILES string of the molecule is Cc1cc(C(=O)Nc2cc(F)cc(N3CCOCC3)c2)[nH]c(=O)c1. The van der Waals surface area contributed by atoms with E-state index in [1.165, 1.54) is 18.2 Å². The molecule has 2 N–H and O–H groups in total. The fourth-order valence-corrected chi connectivity index (χ4v) is 2.65. The number of benzene rings is 1. The third-order valence-corrected chi connectivity index (χ3v) is 3.75. The molecule has 0 bridgehead atoms. The molecular formula is C17H18FN3O3. The first-order chi connectivity index (χ1) is 11.5. The topological polar surface area (TPSA) is 74.4 Å². The van der Waals surface area contributed by atoms with Gasteiger partial charge in [-0.3, -0.25) is 9.59 Å². The lowest BCUT2D eigenvalue weighted by Crippen LogP contribution is -2.36. The summed E-state index contributed by atoms with van der Waals surface area (Å²) in [6, 6.07) is 7.35. The maximum atomic E-state index is 13.9. The van der Waals surface area contributed by atoms with E-state index in [2.05, 4.69) is 10.3 Å². The molecule has 0 aliphatic carbocycles. The summed E-state index contributed by atoms with van der Waals surface area (Å²) in [6.45, 7) is 4.24. The van der Waals surface area contributed by atoms with Gasteiger partial charge in [-0.25, -0.2) is 4.39 Å². The number of aromatic amines is 1. The van der Waals surface area contributed by atoms with E-state index in [0.717, 1.165) is 0 Å². The zero-order chi connectivity index (χ0) is 17.1. The van der Waals surface area contributed by atoms with Crippen LogP contribution in [0.4, 0.5) is 15.8 Å². The first-order valence-corrected chi connectivity index (χ1v) is 7.67. The molecule has 1 aliphatic heterocycles. The number of morpholine rings is 1. The van der Waals surface area contributed by atoms with E-state index in [-0.39, 0.29) is 11.3 Å². The predicted octanol–water partition coefficient (Wildman–Crippen LogP) is 1.91. The number of H-pyrrole nitrogens is 1. The normalized spacial score (nSPS) is 14.5. The summed E-state index contributed by atoms with van der Waals surface area (Å²) in [4.78, 5) is 28.2. The maximum absolute atomic E-state index is 13.9. The molecule has 1 amide bonds. The number of carbonyl (C=O) groups excluding carboxylic acids is 1. The van der Waals surface area contributed by atoms with Crippen LogP contribution in [0.3, 0.4) is 0 Å². The van der Waals surface area contributed by atoms with Gasteiger partial charge in [0.2, 0.25) is 5.56 Å². The van der Waals surface area contributed by atoms with Crippen molar-refractivity contribution < 1.29 is 13.9 Å². The minimum Gasteiger partial charge on any atom is -0.378 e. The number of halogens is 1. The molecule has 1 aromatic heterocycles. The van der Waals surface area contributed by atoms with Gasteiger partial charge in [0.25, 0.3) is 5.91 Å². The van der Waals surface area contributed by atoms with E-state index in [1.54, 1.807) is 19.1 Å². The number of ether oxygens (including phenoxy) is 1. The molecule has 2 heterocycles. The van der Waals surface area contributed by atoms with Crippen molar-refractivity contribution in [3.63, 3.8) is 0 Å². The van der Waals surface area contributed by atoms with Crippen molar-refractivity contribution in [1.82, 2.24) is 4.98 Å². The number of rotatable bonds is 3. The third-order valence-electron chi connectivity index (χ3n) is 3.75. The zero-order valence-corrected chi connectivity index (χ0v) is 13.3. The summed E-state index contributed by atoms with van der Waals surface area (Å²) in [7, 11) is 0. The molecule has 24 heavy (non-hydrogen) atoms. The van der Waals surface area contributed by atoms with Crippen molar-refractivity contribution in [3.05, 3.63) is 57.8 Å². The number of amides is 1. The second-order valence-electron chi connectivity index (χ2n) is 5.69. The molecule has 0 radical (unpaired) electrons. The summed E-state index contributed by atoms with van der Waals surface area (Å²) in [5.74, 6) is -0.929. The van der Waals surface area contributed by atoms with E-state index >= 15 is 0 Å². The lowest BCUT2D eigenvalue weighted by atomic mass is 10.2. The standard InChI is InChI=1S/C17H18FN3O3/c1-11-6-15(20-16(22)7-11)17(23)19-13-8-12(18)9-14(10-13)21-2-4-24-5-3-21/h6-10H,2-5H2,1H3,(H,19,23)(H,20,22). The summed E-state index contributed by atoms with van der Waals surface area (Å²) in [6.07, 6.45) is 0. The van der Waals surface area contributed by atoms with Crippen LogP contribution < -0.4 is 15.8 Å². The van der Waals surface area contributed by atoms with Crippen LogP contribution in [0.25, 0.3) is 0 Å². The number of nitrogens with zero attached hydrogens (tertiary/aromatic N) is 1. The molecule has 0 saturated carbocycles. The van der Waals surface area contributed by atoms with Crippen LogP contribution in [0.15, 0.2) is 35.1 Å². The monoisotopic (exact) mass is 331 g/mol. The molecule has 1 aromatic carbocycles. The first kappa shape index (κ1) is 16.2. The second-order valence-corrected chi connectivity index (χ2v) is 5.69. The highest BCUT2D eigenvalue weighted by molar-refractivity contribution is 6.03. The highest BCUT2D eigenvalue weighted by Crippen LogP contribution is 2.23. The molecule has 0 atom stereocenters. The number of pyridine rings is 1. The van der Waals surface area contributed by atoms with Crippen molar-refractivity contribution >= 4 is 17.3 Å². The second kappa shape index (κ2) is 6.84. The van der Waals surface area contributed by atoms with Crippen LogP contribution in [0.1, 0.15) is 16.1 Å². The van der Waals surface area contributed by atoms with Crippen molar-refractivity contribution in [2.75, 3.05) is 36.5 Å². The lowest BCUT2D eigenvalue weighted by molar-refractivity contribution is 0.102. The minimum absolute atomic E-state index is 0.136. The van der Waals surface area contributed by atoms with E-state index in [0.29, 0.717) is 43.2 Å². The van der Waals surface area contributed by atoms with Gasteiger partial charge in [0.1, 0.15) is 11.5 Å². The van der Waals surface area contributed by atoms with Crippen molar-refractivity contribution in [1.29, 1.82) is 0 Å². The van der Waals surface area contributed by atoms with E-state index in [1.807, 2.05) is 4.90 Å². The Labute approximate surface area is 138 Å². The quantitative estimate of drug-likeness (QED) is 0.901. The minimum atomic E-state index is -0.491. The molecular weight excluding hydrogens is 313 g/mol. The Morgan fingerprint density at radius 3 is 2.67 bits per heavy atom. The Balaban J connectivity index is 1.82. The van der Waals surface area contributed by atoms with E-state index in [4.69, 9.17) is 4.74 Å². The average Bonchev–Trinajstić information content (AvgIpc) is 2.54. The molecule has 2 aromatic rings. The van der Waals surface area contributed by atoms with Gasteiger partial charge in [-0.2, -0.15) is 0 Å². The van der Waals surface area contributed by atoms with Gasteiger partial charge >= 0.3 is 0 Å². The number of hydrogen-bond donors (Lipinski definition) is 2. The fraction of sp³-hybridized carbons (Fsp3) is 0.294. The summed E-state index contributed by atoms with van der Waals surface area (Å²) in [5, 5.41) is 2.63. The number of hydrogen-bond acceptors (Lipinski definition) is 4. The van der Waals surface area contributed by atoms with Crippen LogP contribution in [0.5, 0.6) is 0 Å². The van der Waals surface area contributed by atoms with Crippen LogP contribution >= 0.6 is 0 Å². The Morgan fingerprint density at radius 2 is 1.96 bits per heavy atom. The van der Waals surface area contributed by atoms with Crippen LogP contribution in [0, 0.1) is 12.7 Å². The summed E-state index contributed by atoms with van der Waals surface area (Å²) in [5.41, 5.74) is 1.48. The number of aromatic nitrogens is 1. The Morgan fingerprint density at radius 1 is 1.21 bits per heavy atom. The summed E-state index contributed by atoms with van der Waals surface area (Å²) >= 11 is 0. The predicted molar refractivity (Wildman–Crippen MR) is 89.2 cm³/mol. The molecule has 3 rings (SSSR count). The Bertz CT molecular complexity index is 813. The Hall–Kier alpha value is -2.67. The van der Waals surface area contributed by atoms with Crippen molar-refractivity contribution in [3.8, 4) is 0 Å². The number of nitrogens with one attached hydrogen (secondary N) is 2. The lowest BCUT2D eigenvalue weighted by Gasteiger charge is -2.29. The third kappa shape index (κ3) is 3.80. The van der Waals surface area contributed by atoms with Gasteiger partial charge in [-0.15, -0.1) is 0 Å². The van der Waals surface area contributed by atoms with Crippen LogP contribution in [-0.4, -0.2) is 37.2 Å². The van der Waals surface area contributed by atoms with Crippen molar-refractivity contribution in [2.24, 2.45) is 0 Å². The average molecular weight is 331 g/mol. The van der Waals surface area contributed by atoms with Crippen LogP contribution in [0.2, 0.25) is 0 Å². The Kier molecular flexibility index (Phi) is 4.61. The number of anilines is 2. The van der Waals surface area contributed by atoms with E-state index in [9.17, 15) is 14.0 Å². The highest BCUT2D eigenvalue weighted by Gasteiger charge is 2.14. The number of carbonyl (C=O) groups is 1. The molecule has 6 nitrogen and oxygen atoms in total. The van der Waals surface area contributed by atoms with Gasteiger partial charge in [-0.05, 0) is 36.8 Å². The smallest absolute Gasteiger partial charge is 0.272 e. The van der Waals surface area contributed by atoms with Gasteiger partial charge in [0, 0.05) is 30.5 Å². The van der Waals surface area contributed by atoms with Crippen molar-refractivity contribution in [2.45, 2.75) is 6.92 Å².